The fourth-order valence-electron chi connectivity index (χ4n) is 2.75. The van der Waals surface area contributed by atoms with Crippen molar-refractivity contribution in [3.05, 3.63) is 23.3 Å². The van der Waals surface area contributed by atoms with Gasteiger partial charge >= 0.3 is 5.97 Å². The lowest BCUT2D eigenvalue weighted by atomic mass is 9.83. The molecule has 0 spiro atoms. The van der Waals surface area contributed by atoms with Crippen molar-refractivity contribution < 1.29 is 14.1 Å². The van der Waals surface area contributed by atoms with Crippen LogP contribution < -0.4 is 0 Å². The highest BCUT2D eigenvalue weighted by molar-refractivity contribution is 7.13. The van der Waals surface area contributed by atoms with Crippen molar-refractivity contribution >= 4 is 17.3 Å². The molecule has 0 aliphatic heterocycles. The SMILES string of the molecule is CCOC(=O)C1(c2csc(-c3ccno3)n2)CCCC1. The van der Waals surface area contributed by atoms with Crippen LogP contribution in [-0.2, 0) is 14.9 Å². The lowest BCUT2D eigenvalue weighted by Crippen LogP contribution is -2.35. The molecule has 0 unspecified atom stereocenters. The van der Waals surface area contributed by atoms with Crippen molar-refractivity contribution in [1.29, 1.82) is 0 Å². The summed E-state index contributed by atoms with van der Waals surface area (Å²) in [4.78, 5) is 17.0. The van der Waals surface area contributed by atoms with Crippen molar-refractivity contribution in [3.63, 3.8) is 0 Å². The van der Waals surface area contributed by atoms with Gasteiger partial charge in [0.2, 0.25) is 0 Å². The number of esters is 1. The van der Waals surface area contributed by atoms with Crippen molar-refractivity contribution in [1.82, 2.24) is 10.1 Å². The standard InChI is InChI=1S/C14H16N2O3S/c1-2-18-13(17)14(6-3-4-7-14)11-9-20-12(16-11)10-5-8-15-19-10/h5,8-9H,2-4,6-7H2,1H3. The summed E-state index contributed by atoms with van der Waals surface area (Å²) in [6.07, 6.45) is 5.28. The van der Waals surface area contributed by atoms with E-state index < -0.39 is 5.41 Å². The number of hydrogen-bond donors (Lipinski definition) is 0. The van der Waals surface area contributed by atoms with Crippen LogP contribution >= 0.6 is 11.3 Å². The molecule has 2 aromatic rings. The zero-order valence-electron chi connectivity index (χ0n) is 11.3. The minimum atomic E-state index is -0.565. The fourth-order valence-corrected chi connectivity index (χ4v) is 3.62. The van der Waals surface area contributed by atoms with Crippen LogP contribution in [0.15, 0.2) is 22.2 Å². The average molecular weight is 292 g/mol. The number of aromatic nitrogens is 2. The van der Waals surface area contributed by atoms with Gasteiger partial charge in [0.1, 0.15) is 5.41 Å². The second-order valence-electron chi connectivity index (χ2n) is 4.92. The molecule has 0 N–H and O–H groups in total. The van der Waals surface area contributed by atoms with Crippen LogP contribution in [0.1, 0.15) is 38.3 Å². The average Bonchev–Trinajstić information content (AvgIpc) is 3.19. The Labute approximate surface area is 121 Å². The molecule has 0 aromatic carbocycles. The van der Waals surface area contributed by atoms with Gasteiger partial charge in [0.15, 0.2) is 10.8 Å². The highest BCUT2D eigenvalue weighted by atomic mass is 32.1. The van der Waals surface area contributed by atoms with Gasteiger partial charge in [-0.2, -0.15) is 0 Å². The largest absolute Gasteiger partial charge is 0.465 e. The molecule has 1 saturated carbocycles. The van der Waals surface area contributed by atoms with Crippen LogP contribution in [0.25, 0.3) is 10.8 Å². The number of carbonyl (C=O) groups excluding carboxylic acids is 1. The van der Waals surface area contributed by atoms with Crippen LogP contribution in [0.4, 0.5) is 0 Å². The first-order valence-corrected chi connectivity index (χ1v) is 7.68. The normalized spacial score (nSPS) is 17.2. The molecule has 1 fully saturated rings. The Morgan fingerprint density at radius 1 is 1.50 bits per heavy atom. The van der Waals surface area contributed by atoms with Gasteiger partial charge < -0.3 is 9.26 Å². The summed E-state index contributed by atoms with van der Waals surface area (Å²) in [5.41, 5.74) is 0.245. The number of carbonyl (C=O) groups is 1. The molecule has 1 aliphatic rings. The Bertz CT molecular complexity index is 585. The number of nitrogens with zero attached hydrogens (tertiary/aromatic N) is 2. The molecule has 2 heterocycles. The second-order valence-corrected chi connectivity index (χ2v) is 5.78. The maximum absolute atomic E-state index is 12.4. The number of rotatable bonds is 4. The maximum Gasteiger partial charge on any atom is 0.318 e. The summed E-state index contributed by atoms with van der Waals surface area (Å²) in [5, 5.41) is 6.39. The molecule has 0 radical (unpaired) electrons. The third-order valence-electron chi connectivity index (χ3n) is 3.77. The van der Waals surface area contributed by atoms with Crippen LogP contribution in [-0.4, -0.2) is 22.7 Å². The van der Waals surface area contributed by atoms with Gasteiger partial charge in [0.25, 0.3) is 0 Å². The molecule has 0 atom stereocenters. The molecular formula is C14H16N2O3S. The van der Waals surface area contributed by atoms with Gasteiger partial charge in [-0.3, -0.25) is 4.79 Å². The molecule has 106 valence electrons. The molecule has 6 heteroatoms. The molecule has 20 heavy (non-hydrogen) atoms. The molecule has 0 bridgehead atoms. The topological polar surface area (TPSA) is 65.2 Å². The van der Waals surface area contributed by atoms with Gasteiger partial charge in [0.05, 0.1) is 18.5 Å². The van der Waals surface area contributed by atoms with Crippen LogP contribution in [0.5, 0.6) is 0 Å². The molecule has 0 amide bonds. The molecular weight excluding hydrogens is 276 g/mol. The summed E-state index contributed by atoms with van der Waals surface area (Å²) >= 11 is 1.48. The fraction of sp³-hybridized carbons (Fsp3) is 0.500. The van der Waals surface area contributed by atoms with Crippen LogP contribution in [0.3, 0.4) is 0 Å². The zero-order chi connectivity index (χ0) is 14.0. The van der Waals surface area contributed by atoms with Gasteiger partial charge in [-0.05, 0) is 19.8 Å². The van der Waals surface area contributed by atoms with E-state index in [1.54, 1.807) is 12.3 Å². The number of thiazole rings is 1. The minimum Gasteiger partial charge on any atom is -0.465 e. The first-order valence-electron chi connectivity index (χ1n) is 6.80. The van der Waals surface area contributed by atoms with E-state index in [0.717, 1.165) is 36.4 Å². The first-order chi connectivity index (χ1) is 9.76. The highest BCUT2D eigenvalue weighted by Gasteiger charge is 2.46. The smallest absolute Gasteiger partial charge is 0.318 e. The minimum absolute atomic E-state index is 0.146. The summed E-state index contributed by atoms with van der Waals surface area (Å²) in [5.74, 6) is 0.491. The lowest BCUT2D eigenvalue weighted by Gasteiger charge is -2.24. The predicted molar refractivity (Wildman–Crippen MR) is 74.4 cm³/mol. The van der Waals surface area contributed by atoms with E-state index in [9.17, 15) is 4.79 Å². The van der Waals surface area contributed by atoms with Gasteiger partial charge in [0, 0.05) is 11.4 Å². The highest BCUT2D eigenvalue weighted by Crippen LogP contribution is 2.43. The Morgan fingerprint density at radius 3 is 2.95 bits per heavy atom. The van der Waals surface area contributed by atoms with Crippen LogP contribution in [0, 0.1) is 0 Å². The molecule has 2 aromatic heterocycles. The Morgan fingerprint density at radius 2 is 2.30 bits per heavy atom. The maximum atomic E-state index is 12.4. The van der Waals surface area contributed by atoms with E-state index in [-0.39, 0.29) is 5.97 Å². The Balaban J connectivity index is 1.94. The lowest BCUT2D eigenvalue weighted by molar-refractivity contribution is -0.150. The first kappa shape index (κ1) is 13.3. The van der Waals surface area contributed by atoms with Gasteiger partial charge in [-0.15, -0.1) is 11.3 Å². The Hall–Kier alpha value is -1.69. The van der Waals surface area contributed by atoms with E-state index in [1.807, 2.05) is 12.3 Å². The number of hydrogen-bond acceptors (Lipinski definition) is 6. The third-order valence-corrected chi connectivity index (χ3v) is 4.62. The predicted octanol–water partition coefficient (Wildman–Crippen LogP) is 3.17. The van der Waals surface area contributed by atoms with E-state index >= 15 is 0 Å². The zero-order valence-corrected chi connectivity index (χ0v) is 12.1. The van der Waals surface area contributed by atoms with Crippen molar-refractivity contribution in [2.45, 2.75) is 38.0 Å². The summed E-state index contributed by atoms with van der Waals surface area (Å²) in [6.45, 7) is 2.24. The number of ether oxygens (including phenoxy) is 1. The van der Waals surface area contributed by atoms with E-state index in [2.05, 4.69) is 10.1 Å². The van der Waals surface area contributed by atoms with E-state index in [1.165, 1.54) is 11.3 Å². The molecule has 1 aliphatic carbocycles. The monoisotopic (exact) mass is 292 g/mol. The molecule has 3 rings (SSSR count). The van der Waals surface area contributed by atoms with E-state index in [4.69, 9.17) is 9.26 Å². The molecule has 0 saturated heterocycles. The van der Waals surface area contributed by atoms with Gasteiger partial charge in [-0.1, -0.05) is 18.0 Å². The summed E-state index contributed by atoms with van der Waals surface area (Å²) in [7, 11) is 0. The second kappa shape index (κ2) is 5.36. The Kier molecular flexibility index (Phi) is 3.56. The third kappa shape index (κ3) is 2.14. The summed E-state index contributed by atoms with van der Waals surface area (Å²) in [6, 6.07) is 1.77. The molecule has 5 nitrogen and oxygen atoms in total. The summed E-state index contributed by atoms with van der Waals surface area (Å²) < 4.78 is 10.4. The van der Waals surface area contributed by atoms with E-state index in [0.29, 0.717) is 12.4 Å². The van der Waals surface area contributed by atoms with Crippen molar-refractivity contribution in [2.75, 3.05) is 6.61 Å². The van der Waals surface area contributed by atoms with Crippen molar-refractivity contribution in [3.8, 4) is 10.8 Å². The van der Waals surface area contributed by atoms with Gasteiger partial charge in [-0.25, -0.2) is 4.98 Å². The van der Waals surface area contributed by atoms with Crippen LogP contribution in [0.2, 0.25) is 0 Å². The quantitative estimate of drug-likeness (QED) is 0.810. The van der Waals surface area contributed by atoms with Crippen molar-refractivity contribution in [2.24, 2.45) is 0 Å².